The van der Waals surface area contributed by atoms with Crippen molar-refractivity contribution in [2.45, 2.75) is 19.2 Å². The van der Waals surface area contributed by atoms with Crippen LogP contribution in [0.15, 0.2) is 46.9 Å². The number of hydrogen-bond acceptors (Lipinski definition) is 2. The number of amides is 2. The van der Waals surface area contributed by atoms with Gasteiger partial charge in [-0.1, -0.05) is 40.2 Å². The van der Waals surface area contributed by atoms with Crippen LogP contribution in [0.2, 0.25) is 0 Å². The summed E-state index contributed by atoms with van der Waals surface area (Å²) in [5.41, 5.74) is 4.35. The molecule has 1 heterocycles. The number of nitrogens with zero attached hydrogens (tertiary/aromatic N) is 1. The predicted molar refractivity (Wildman–Crippen MR) is 101 cm³/mol. The molecule has 0 saturated carbocycles. The van der Waals surface area contributed by atoms with Crippen molar-refractivity contribution in [3.8, 4) is 0 Å². The van der Waals surface area contributed by atoms with Crippen molar-refractivity contribution in [3.05, 3.63) is 63.6 Å². The molecule has 2 aromatic carbocycles. The van der Waals surface area contributed by atoms with Crippen LogP contribution in [0.3, 0.4) is 0 Å². The van der Waals surface area contributed by atoms with Crippen LogP contribution < -0.4 is 5.32 Å². The Balaban J connectivity index is 1.78. The van der Waals surface area contributed by atoms with Gasteiger partial charge in [0.1, 0.15) is 5.37 Å². The predicted octanol–water partition coefficient (Wildman–Crippen LogP) is 5.35. The van der Waals surface area contributed by atoms with Gasteiger partial charge in [-0.05, 0) is 48.7 Å². The zero-order chi connectivity index (χ0) is 16.4. The SMILES string of the molecule is Cc1cccc(NC(=O)N2CCSC2c2ccc(Br)cc2)c1C. The molecule has 0 radical (unpaired) electrons. The molecule has 3 rings (SSSR count). The van der Waals surface area contributed by atoms with E-state index in [9.17, 15) is 4.79 Å². The number of aryl methyl sites for hydroxylation is 1. The molecule has 2 aromatic rings. The molecule has 120 valence electrons. The van der Waals surface area contributed by atoms with E-state index >= 15 is 0 Å². The third-order valence-electron chi connectivity index (χ3n) is 4.15. The largest absolute Gasteiger partial charge is 0.323 e. The molecule has 1 aliphatic heterocycles. The highest BCUT2D eigenvalue weighted by atomic mass is 79.9. The monoisotopic (exact) mass is 390 g/mol. The second-order valence-electron chi connectivity index (χ2n) is 5.65. The van der Waals surface area contributed by atoms with Crippen molar-refractivity contribution in [2.24, 2.45) is 0 Å². The van der Waals surface area contributed by atoms with Crippen LogP contribution in [0.25, 0.3) is 0 Å². The Bertz CT molecular complexity index is 717. The third kappa shape index (κ3) is 3.56. The molecule has 0 spiro atoms. The molecular weight excluding hydrogens is 372 g/mol. The molecule has 0 aromatic heterocycles. The van der Waals surface area contributed by atoms with Gasteiger partial charge in [0.2, 0.25) is 0 Å². The van der Waals surface area contributed by atoms with E-state index in [2.05, 4.69) is 46.4 Å². The summed E-state index contributed by atoms with van der Waals surface area (Å²) in [5, 5.41) is 3.15. The van der Waals surface area contributed by atoms with E-state index < -0.39 is 0 Å². The molecule has 0 bridgehead atoms. The number of anilines is 1. The number of carbonyl (C=O) groups excluding carboxylic acids is 1. The molecule has 0 aliphatic carbocycles. The maximum absolute atomic E-state index is 12.7. The fourth-order valence-corrected chi connectivity index (χ4v) is 4.18. The van der Waals surface area contributed by atoms with Gasteiger partial charge in [0.15, 0.2) is 0 Å². The lowest BCUT2D eigenvalue weighted by atomic mass is 10.1. The zero-order valence-corrected chi connectivity index (χ0v) is 15.6. The lowest BCUT2D eigenvalue weighted by molar-refractivity contribution is 0.214. The Kier molecular flexibility index (Phi) is 4.97. The van der Waals surface area contributed by atoms with Crippen molar-refractivity contribution >= 4 is 39.4 Å². The van der Waals surface area contributed by atoms with Crippen molar-refractivity contribution < 1.29 is 4.79 Å². The first-order chi connectivity index (χ1) is 11.1. The van der Waals surface area contributed by atoms with Crippen LogP contribution in [0, 0.1) is 13.8 Å². The van der Waals surface area contributed by atoms with Crippen molar-refractivity contribution in [1.29, 1.82) is 0 Å². The van der Waals surface area contributed by atoms with E-state index in [-0.39, 0.29) is 11.4 Å². The summed E-state index contributed by atoms with van der Waals surface area (Å²) in [7, 11) is 0. The van der Waals surface area contributed by atoms with Gasteiger partial charge in [0, 0.05) is 22.5 Å². The van der Waals surface area contributed by atoms with Crippen molar-refractivity contribution in [2.75, 3.05) is 17.6 Å². The van der Waals surface area contributed by atoms with E-state index in [1.807, 2.05) is 36.1 Å². The normalized spacial score (nSPS) is 17.3. The minimum atomic E-state index is -0.0309. The number of thioether (sulfide) groups is 1. The van der Waals surface area contributed by atoms with Crippen LogP contribution in [-0.2, 0) is 0 Å². The molecule has 23 heavy (non-hydrogen) atoms. The van der Waals surface area contributed by atoms with Crippen molar-refractivity contribution in [3.63, 3.8) is 0 Å². The molecule has 1 fully saturated rings. The lowest BCUT2D eigenvalue weighted by Crippen LogP contribution is -2.34. The van der Waals surface area contributed by atoms with Crippen LogP contribution in [0.5, 0.6) is 0 Å². The molecule has 1 saturated heterocycles. The van der Waals surface area contributed by atoms with Gasteiger partial charge in [-0.15, -0.1) is 11.8 Å². The molecule has 5 heteroatoms. The quantitative estimate of drug-likeness (QED) is 0.749. The standard InChI is InChI=1S/C18H19BrN2OS/c1-12-4-3-5-16(13(12)2)20-18(22)21-10-11-23-17(21)14-6-8-15(19)9-7-14/h3-9,17H,10-11H2,1-2H3,(H,20,22). The smallest absolute Gasteiger partial charge is 0.308 e. The van der Waals surface area contributed by atoms with E-state index in [1.54, 1.807) is 11.8 Å². The molecule has 1 atom stereocenters. The zero-order valence-electron chi connectivity index (χ0n) is 13.2. The average Bonchev–Trinajstić information content (AvgIpc) is 3.02. The molecule has 2 amide bonds. The van der Waals surface area contributed by atoms with Crippen LogP contribution in [-0.4, -0.2) is 23.2 Å². The highest BCUT2D eigenvalue weighted by Gasteiger charge is 2.30. The second-order valence-corrected chi connectivity index (χ2v) is 7.75. The van der Waals surface area contributed by atoms with Gasteiger partial charge < -0.3 is 10.2 Å². The Morgan fingerprint density at radius 3 is 2.70 bits per heavy atom. The summed E-state index contributed by atoms with van der Waals surface area (Å²) in [6, 6.07) is 14.2. The molecule has 1 unspecified atom stereocenters. The fraction of sp³-hybridized carbons (Fsp3) is 0.278. The summed E-state index contributed by atoms with van der Waals surface area (Å²) < 4.78 is 1.05. The number of carbonyl (C=O) groups is 1. The minimum absolute atomic E-state index is 0.0309. The molecule has 1 aliphatic rings. The van der Waals surface area contributed by atoms with Crippen LogP contribution in [0.1, 0.15) is 22.1 Å². The summed E-state index contributed by atoms with van der Waals surface area (Å²) in [4.78, 5) is 14.6. The Morgan fingerprint density at radius 1 is 1.22 bits per heavy atom. The van der Waals surface area contributed by atoms with Gasteiger partial charge in [-0.25, -0.2) is 4.79 Å². The number of nitrogens with one attached hydrogen (secondary N) is 1. The lowest BCUT2D eigenvalue weighted by Gasteiger charge is -2.25. The molecule has 1 N–H and O–H groups in total. The van der Waals surface area contributed by atoms with Gasteiger partial charge in [0.25, 0.3) is 0 Å². The number of benzene rings is 2. The number of halogens is 1. The minimum Gasteiger partial charge on any atom is -0.308 e. The fourth-order valence-electron chi connectivity index (χ4n) is 2.66. The number of rotatable bonds is 2. The first kappa shape index (κ1) is 16.4. The van der Waals surface area contributed by atoms with E-state index in [0.717, 1.165) is 33.6 Å². The third-order valence-corrected chi connectivity index (χ3v) is 5.94. The summed E-state index contributed by atoms with van der Waals surface area (Å²) in [5.74, 6) is 0.959. The number of hydrogen-bond donors (Lipinski definition) is 1. The summed E-state index contributed by atoms with van der Waals surface area (Å²) >= 11 is 5.26. The Hall–Kier alpha value is -1.46. The van der Waals surface area contributed by atoms with Crippen molar-refractivity contribution in [1.82, 2.24) is 4.90 Å². The first-order valence-electron chi connectivity index (χ1n) is 7.57. The summed E-state index contributed by atoms with van der Waals surface area (Å²) in [6.45, 7) is 4.86. The second kappa shape index (κ2) is 6.97. The molecular formula is C18H19BrN2OS. The highest BCUT2D eigenvalue weighted by molar-refractivity contribution is 9.10. The molecule has 3 nitrogen and oxygen atoms in total. The Labute approximate surface area is 149 Å². The Morgan fingerprint density at radius 2 is 1.96 bits per heavy atom. The summed E-state index contributed by atoms with van der Waals surface area (Å²) in [6.07, 6.45) is 0. The van der Waals surface area contributed by atoms with Crippen LogP contribution in [0.4, 0.5) is 10.5 Å². The maximum Gasteiger partial charge on any atom is 0.323 e. The number of urea groups is 1. The first-order valence-corrected chi connectivity index (χ1v) is 9.41. The van der Waals surface area contributed by atoms with E-state index in [1.165, 1.54) is 5.56 Å². The van der Waals surface area contributed by atoms with Gasteiger partial charge in [0.05, 0.1) is 0 Å². The van der Waals surface area contributed by atoms with Crippen LogP contribution >= 0.6 is 27.7 Å². The highest BCUT2D eigenvalue weighted by Crippen LogP contribution is 2.38. The maximum atomic E-state index is 12.7. The topological polar surface area (TPSA) is 32.3 Å². The van der Waals surface area contributed by atoms with E-state index in [4.69, 9.17) is 0 Å². The van der Waals surface area contributed by atoms with Gasteiger partial charge >= 0.3 is 6.03 Å². The van der Waals surface area contributed by atoms with Gasteiger partial charge in [-0.3, -0.25) is 0 Å². The van der Waals surface area contributed by atoms with Gasteiger partial charge in [-0.2, -0.15) is 0 Å². The average molecular weight is 391 g/mol. The van der Waals surface area contributed by atoms with E-state index in [0.29, 0.717) is 0 Å².